The number of hydrogen-bond acceptors (Lipinski definition) is 3. The fourth-order valence-corrected chi connectivity index (χ4v) is 2.40. The number of halogens is 1. The topological polar surface area (TPSA) is 59.8 Å². The summed E-state index contributed by atoms with van der Waals surface area (Å²) < 4.78 is 2.69. The van der Waals surface area contributed by atoms with Gasteiger partial charge in [-0.15, -0.1) is 0 Å². The Labute approximate surface area is 142 Å². The predicted octanol–water partition coefficient (Wildman–Crippen LogP) is 3.17. The Morgan fingerprint density at radius 1 is 1.17 bits per heavy atom. The van der Waals surface area contributed by atoms with Gasteiger partial charge in [-0.25, -0.2) is 0 Å². The quantitative estimate of drug-likeness (QED) is 0.767. The van der Waals surface area contributed by atoms with E-state index in [2.05, 4.69) is 31.3 Å². The molecule has 0 fully saturated rings. The van der Waals surface area contributed by atoms with Crippen LogP contribution < -0.4 is 5.32 Å². The van der Waals surface area contributed by atoms with Gasteiger partial charge in [0.15, 0.2) is 0 Å². The van der Waals surface area contributed by atoms with Crippen LogP contribution in [0.15, 0.2) is 59.5 Å². The van der Waals surface area contributed by atoms with Crippen LogP contribution in [0.25, 0.3) is 11.3 Å². The van der Waals surface area contributed by atoms with Crippen LogP contribution in [0.3, 0.4) is 0 Å². The number of amides is 1. The van der Waals surface area contributed by atoms with E-state index in [0.717, 1.165) is 21.3 Å². The number of benzene rings is 1. The zero-order valence-corrected chi connectivity index (χ0v) is 14.1. The third kappa shape index (κ3) is 3.84. The molecule has 1 N–H and O–H groups in total. The Bertz CT molecular complexity index is 809. The molecule has 0 aliphatic heterocycles. The summed E-state index contributed by atoms with van der Waals surface area (Å²) in [5, 5.41) is 7.02. The van der Waals surface area contributed by atoms with Gasteiger partial charge in [-0.1, -0.05) is 22.0 Å². The van der Waals surface area contributed by atoms with E-state index in [9.17, 15) is 4.79 Å². The number of carbonyl (C=O) groups is 1. The van der Waals surface area contributed by atoms with Crippen molar-refractivity contribution < 1.29 is 4.79 Å². The number of pyridine rings is 1. The third-order valence-electron chi connectivity index (χ3n) is 3.38. The Morgan fingerprint density at radius 2 is 1.96 bits per heavy atom. The van der Waals surface area contributed by atoms with Crippen LogP contribution in [0.1, 0.15) is 15.9 Å². The van der Waals surface area contributed by atoms with Crippen LogP contribution in [0.4, 0.5) is 0 Å². The maximum atomic E-state index is 12.1. The van der Waals surface area contributed by atoms with Crippen LogP contribution in [0.5, 0.6) is 0 Å². The number of carbonyl (C=O) groups excluding carboxylic acids is 1. The number of aromatic nitrogens is 3. The van der Waals surface area contributed by atoms with Gasteiger partial charge in [0.1, 0.15) is 0 Å². The monoisotopic (exact) mass is 370 g/mol. The first kappa shape index (κ1) is 15.4. The minimum atomic E-state index is -0.103. The molecule has 0 radical (unpaired) electrons. The fraction of sp³-hybridized carbons (Fsp3) is 0.118. The minimum Gasteiger partial charge on any atom is -0.348 e. The Kier molecular flexibility index (Phi) is 4.52. The Hall–Kier alpha value is -2.47. The van der Waals surface area contributed by atoms with Crippen molar-refractivity contribution in [2.45, 2.75) is 6.54 Å². The highest BCUT2D eigenvalue weighted by atomic mass is 79.9. The summed E-state index contributed by atoms with van der Waals surface area (Å²) in [4.78, 5) is 16.5. The normalized spacial score (nSPS) is 10.5. The van der Waals surface area contributed by atoms with E-state index in [1.54, 1.807) is 29.2 Å². The van der Waals surface area contributed by atoms with E-state index in [1.165, 1.54) is 0 Å². The van der Waals surface area contributed by atoms with Gasteiger partial charge in [-0.3, -0.25) is 14.5 Å². The van der Waals surface area contributed by atoms with E-state index in [-0.39, 0.29) is 5.91 Å². The Morgan fingerprint density at radius 3 is 2.57 bits per heavy atom. The van der Waals surface area contributed by atoms with Crippen molar-refractivity contribution in [3.63, 3.8) is 0 Å². The van der Waals surface area contributed by atoms with Crippen molar-refractivity contribution in [3.05, 3.63) is 70.6 Å². The molecule has 116 valence electrons. The third-order valence-corrected chi connectivity index (χ3v) is 3.91. The molecule has 3 aromatic rings. The summed E-state index contributed by atoms with van der Waals surface area (Å²) in [6.45, 7) is 0.440. The molecule has 0 saturated heterocycles. The fourth-order valence-electron chi connectivity index (χ4n) is 2.14. The highest BCUT2D eigenvalue weighted by molar-refractivity contribution is 9.10. The molecule has 0 spiro atoms. The molecule has 5 nitrogen and oxygen atoms in total. The van der Waals surface area contributed by atoms with Crippen LogP contribution in [-0.2, 0) is 13.6 Å². The molecule has 1 aromatic carbocycles. The van der Waals surface area contributed by atoms with Gasteiger partial charge < -0.3 is 5.32 Å². The van der Waals surface area contributed by atoms with E-state index in [4.69, 9.17) is 0 Å². The summed E-state index contributed by atoms with van der Waals surface area (Å²) in [6, 6.07) is 11.1. The van der Waals surface area contributed by atoms with Gasteiger partial charge in [-0.2, -0.15) is 5.10 Å². The van der Waals surface area contributed by atoms with Crippen LogP contribution in [0, 0.1) is 0 Å². The van der Waals surface area contributed by atoms with E-state index in [1.807, 2.05) is 37.5 Å². The van der Waals surface area contributed by atoms with Crippen molar-refractivity contribution in [2.75, 3.05) is 0 Å². The Balaban J connectivity index is 1.62. The summed E-state index contributed by atoms with van der Waals surface area (Å²) in [6.07, 6.45) is 5.46. The van der Waals surface area contributed by atoms with E-state index >= 15 is 0 Å². The first-order chi connectivity index (χ1) is 11.1. The largest absolute Gasteiger partial charge is 0.348 e. The van der Waals surface area contributed by atoms with E-state index < -0.39 is 0 Å². The average molecular weight is 371 g/mol. The first-order valence-electron chi connectivity index (χ1n) is 7.09. The SMILES string of the molecule is Cn1cc(-c2ccc(CNC(=O)c3ccc(Br)cc3)cn2)cn1. The molecule has 0 aliphatic carbocycles. The molecule has 2 heterocycles. The van der Waals surface area contributed by atoms with Crippen molar-refractivity contribution >= 4 is 21.8 Å². The van der Waals surface area contributed by atoms with Crippen molar-refractivity contribution in [1.82, 2.24) is 20.1 Å². The lowest BCUT2D eigenvalue weighted by Crippen LogP contribution is -2.22. The van der Waals surface area contributed by atoms with Crippen LogP contribution in [0.2, 0.25) is 0 Å². The van der Waals surface area contributed by atoms with Crippen LogP contribution in [-0.4, -0.2) is 20.7 Å². The highest BCUT2D eigenvalue weighted by Gasteiger charge is 2.06. The highest BCUT2D eigenvalue weighted by Crippen LogP contribution is 2.15. The summed E-state index contributed by atoms with van der Waals surface area (Å²) in [7, 11) is 1.87. The predicted molar refractivity (Wildman–Crippen MR) is 91.8 cm³/mol. The lowest BCUT2D eigenvalue weighted by molar-refractivity contribution is 0.0951. The van der Waals surface area contributed by atoms with Gasteiger partial charge in [0.05, 0.1) is 11.9 Å². The van der Waals surface area contributed by atoms with Gasteiger partial charge >= 0.3 is 0 Å². The number of nitrogens with one attached hydrogen (secondary N) is 1. The van der Waals surface area contributed by atoms with Gasteiger partial charge in [0, 0.05) is 41.6 Å². The van der Waals surface area contributed by atoms with E-state index in [0.29, 0.717) is 12.1 Å². The van der Waals surface area contributed by atoms with Crippen LogP contribution >= 0.6 is 15.9 Å². The second-order valence-corrected chi connectivity index (χ2v) is 6.06. The summed E-state index contributed by atoms with van der Waals surface area (Å²) in [5.41, 5.74) is 3.41. The zero-order valence-electron chi connectivity index (χ0n) is 12.5. The molecular formula is C17H15BrN4O. The number of nitrogens with zero attached hydrogens (tertiary/aromatic N) is 3. The molecule has 2 aromatic heterocycles. The summed E-state index contributed by atoms with van der Waals surface area (Å²) >= 11 is 3.35. The smallest absolute Gasteiger partial charge is 0.251 e. The minimum absolute atomic E-state index is 0.103. The lowest BCUT2D eigenvalue weighted by Gasteiger charge is -2.06. The van der Waals surface area contributed by atoms with Gasteiger partial charge in [0.2, 0.25) is 0 Å². The molecule has 0 bridgehead atoms. The maximum Gasteiger partial charge on any atom is 0.251 e. The lowest BCUT2D eigenvalue weighted by atomic mass is 10.2. The standard InChI is InChI=1S/C17H15BrN4O/c1-22-11-14(10-21-22)16-7-2-12(8-19-16)9-20-17(23)13-3-5-15(18)6-4-13/h2-8,10-11H,9H2,1H3,(H,20,23). The van der Waals surface area contributed by atoms with Crippen molar-refractivity contribution in [2.24, 2.45) is 7.05 Å². The molecule has 0 atom stereocenters. The molecule has 3 rings (SSSR count). The van der Waals surface area contributed by atoms with Crippen molar-refractivity contribution in [1.29, 1.82) is 0 Å². The summed E-state index contributed by atoms with van der Waals surface area (Å²) in [5.74, 6) is -0.103. The van der Waals surface area contributed by atoms with Gasteiger partial charge in [0.25, 0.3) is 5.91 Å². The van der Waals surface area contributed by atoms with Gasteiger partial charge in [-0.05, 0) is 35.9 Å². The first-order valence-corrected chi connectivity index (χ1v) is 7.89. The molecule has 0 saturated carbocycles. The number of aryl methyl sites for hydroxylation is 1. The number of rotatable bonds is 4. The molecule has 23 heavy (non-hydrogen) atoms. The maximum absolute atomic E-state index is 12.1. The molecule has 6 heteroatoms. The van der Waals surface area contributed by atoms with Crippen molar-refractivity contribution in [3.8, 4) is 11.3 Å². The molecule has 0 unspecified atom stereocenters. The molecule has 1 amide bonds. The average Bonchev–Trinajstić information content (AvgIpc) is 3.00. The second-order valence-electron chi connectivity index (χ2n) is 5.14. The molecule has 0 aliphatic rings. The zero-order chi connectivity index (χ0) is 16.2. The molecular weight excluding hydrogens is 356 g/mol. The second kappa shape index (κ2) is 6.75. The number of hydrogen-bond donors (Lipinski definition) is 1.